The fraction of sp³-hybridized carbons (Fsp3) is 0.444. The van der Waals surface area contributed by atoms with Crippen LogP contribution in [0, 0.1) is 0 Å². The molecule has 37 heavy (non-hydrogen) atoms. The van der Waals surface area contributed by atoms with Crippen LogP contribution in [-0.4, -0.2) is 54.0 Å². The van der Waals surface area contributed by atoms with Crippen molar-refractivity contribution >= 4 is 39.3 Å². The Balaban J connectivity index is 1.48. The number of benzene rings is 2. The lowest BCUT2D eigenvalue weighted by Crippen LogP contribution is -2.51. The number of amides is 3. The maximum Gasteiger partial charge on any atom is 0.269 e. The number of rotatable bonds is 10. The molecule has 3 amide bonds. The normalized spacial score (nSPS) is 17.5. The highest BCUT2D eigenvalue weighted by molar-refractivity contribution is 7.90. The third-order valence-electron chi connectivity index (χ3n) is 7.05. The molecule has 1 aliphatic heterocycles. The van der Waals surface area contributed by atoms with Gasteiger partial charge in [-0.2, -0.15) is 0 Å². The monoisotopic (exact) mass is 545 g/mol. The van der Waals surface area contributed by atoms with Gasteiger partial charge in [-0.25, -0.2) is 12.7 Å². The third-order valence-corrected chi connectivity index (χ3v) is 9.26. The van der Waals surface area contributed by atoms with Crippen molar-refractivity contribution in [3.8, 4) is 0 Å². The summed E-state index contributed by atoms with van der Waals surface area (Å²) < 4.78 is 26.5. The molecule has 1 saturated carbocycles. The Morgan fingerprint density at radius 3 is 2.46 bits per heavy atom. The summed E-state index contributed by atoms with van der Waals surface area (Å²) in [5.74, 6) is -1.07. The average molecular weight is 546 g/mol. The van der Waals surface area contributed by atoms with E-state index in [1.807, 2.05) is 19.1 Å². The van der Waals surface area contributed by atoms with Crippen LogP contribution in [0.15, 0.2) is 53.4 Å². The van der Waals surface area contributed by atoms with Gasteiger partial charge < -0.3 is 10.2 Å². The van der Waals surface area contributed by atoms with Crippen LogP contribution < -0.4 is 5.32 Å². The van der Waals surface area contributed by atoms with Crippen molar-refractivity contribution in [2.24, 2.45) is 0 Å². The Bertz CT molecular complexity index is 1280. The van der Waals surface area contributed by atoms with Crippen LogP contribution in [0.1, 0.15) is 67.8 Å². The molecule has 1 heterocycles. The molecule has 2 aromatic rings. The minimum atomic E-state index is -3.94. The van der Waals surface area contributed by atoms with Gasteiger partial charge in [0.2, 0.25) is 11.8 Å². The molecule has 1 aliphatic carbocycles. The number of carbonyl (C=O) groups excluding carboxylic acids is 3. The van der Waals surface area contributed by atoms with Crippen molar-refractivity contribution in [3.63, 3.8) is 0 Å². The van der Waals surface area contributed by atoms with Crippen molar-refractivity contribution < 1.29 is 22.8 Å². The number of halogens is 1. The summed E-state index contributed by atoms with van der Waals surface area (Å²) in [5, 5.41) is 3.59. The molecule has 0 saturated heterocycles. The lowest BCUT2D eigenvalue weighted by Gasteiger charge is -2.32. The first-order valence-electron chi connectivity index (χ1n) is 12.7. The average Bonchev–Trinajstić information content (AvgIpc) is 3.45. The van der Waals surface area contributed by atoms with Gasteiger partial charge in [0, 0.05) is 30.6 Å². The van der Waals surface area contributed by atoms with Crippen molar-refractivity contribution in [2.45, 2.75) is 75.4 Å². The van der Waals surface area contributed by atoms with E-state index in [4.69, 9.17) is 11.6 Å². The van der Waals surface area contributed by atoms with E-state index in [2.05, 4.69) is 5.32 Å². The van der Waals surface area contributed by atoms with Crippen LogP contribution in [0.25, 0.3) is 0 Å². The van der Waals surface area contributed by atoms with Gasteiger partial charge in [-0.3, -0.25) is 14.4 Å². The zero-order chi connectivity index (χ0) is 26.6. The minimum Gasteiger partial charge on any atom is -0.352 e. The van der Waals surface area contributed by atoms with Crippen molar-refractivity contribution in [1.82, 2.24) is 14.5 Å². The molecule has 1 fully saturated rings. The summed E-state index contributed by atoms with van der Waals surface area (Å²) in [6.07, 6.45) is 4.55. The molecule has 8 nitrogen and oxygen atoms in total. The summed E-state index contributed by atoms with van der Waals surface area (Å²) in [4.78, 5) is 40.9. The number of carbonyl (C=O) groups is 3. The van der Waals surface area contributed by atoms with Crippen LogP contribution in [-0.2, 0) is 26.2 Å². The second-order valence-electron chi connectivity index (χ2n) is 9.51. The van der Waals surface area contributed by atoms with Crippen molar-refractivity contribution in [2.75, 3.05) is 6.54 Å². The van der Waals surface area contributed by atoms with Gasteiger partial charge in [0.1, 0.15) is 10.9 Å². The third kappa shape index (κ3) is 5.83. The Labute approximate surface area is 223 Å². The van der Waals surface area contributed by atoms with Gasteiger partial charge >= 0.3 is 0 Å². The fourth-order valence-corrected chi connectivity index (χ4v) is 6.87. The number of sulfonamides is 1. The molecular weight excluding hydrogens is 514 g/mol. The van der Waals surface area contributed by atoms with E-state index in [0.717, 1.165) is 35.6 Å². The fourth-order valence-electron chi connectivity index (χ4n) is 5.07. The largest absolute Gasteiger partial charge is 0.352 e. The van der Waals surface area contributed by atoms with E-state index >= 15 is 0 Å². The maximum absolute atomic E-state index is 13.5. The van der Waals surface area contributed by atoms with E-state index < -0.39 is 22.0 Å². The summed E-state index contributed by atoms with van der Waals surface area (Å²) in [7, 11) is -3.94. The Morgan fingerprint density at radius 2 is 1.78 bits per heavy atom. The molecular formula is C27H32ClN3O5S. The maximum atomic E-state index is 13.5. The van der Waals surface area contributed by atoms with E-state index in [-0.39, 0.29) is 54.2 Å². The minimum absolute atomic E-state index is 0.0127. The molecule has 2 aliphatic rings. The highest BCUT2D eigenvalue weighted by Crippen LogP contribution is 2.30. The van der Waals surface area contributed by atoms with Crippen LogP contribution >= 0.6 is 11.6 Å². The molecule has 4 rings (SSSR count). The zero-order valence-corrected chi connectivity index (χ0v) is 22.4. The van der Waals surface area contributed by atoms with Crippen molar-refractivity contribution in [1.29, 1.82) is 0 Å². The smallest absolute Gasteiger partial charge is 0.269 e. The Hall–Kier alpha value is -2.91. The van der Waals surface area contributed by atoms with E-state index in [9.17, 15) is 22.8 Å². The molecule has 0 spiro atoms. The number of nitrogens with zero attached hydrogens (tertiary/aromatic N) is 2. The summed E-state index contributed by atoms with van der Waals surface area (Å²) >= 11 is 6.37. The lowest BCUT2D eigenvalue weighted by atomic mass is 10.1. The van der Waals surface area contributed by atoms with E-state index in [0.29, 0.717) is 11.4 Å². The first-order valence-corrected chi connectivity index (χ1v) is 14.5. The standard InChI is InChI=1S/C27H32ClN3O5S/c1-2-23(26(33)29-20-11-4-5-12-20)30(18-19-10-3-7-14-22(19)28)25(32)16-9-17-31-27(34)21-13-6-8-15-24(21)37(31,35)36/h3,6-8,10,13-15,20,23H,2,4-5,9,11-12,16-18H2,1H3,(H,29,33)/t23-/m1/s1. The number of hydrogen-bond donors (Lipinski definition) is 1. The zero-order valence-electron chi connectivity index (χ0n) is 20.9. The predicted molar refractivity (Wildman–Crippen MR) is 140 cm³/mol. The molecule has 0 bridgehead atoms. The summed E-state index contributed by atoms with van der Waals surface area (Å²) in [6.45, 7) is 1.90. The second-order valence-corrected chi connectivity index (χ2v) is 11.7. The summed E-state index contributed by atoms with van der Waals surface area (Å²) in [6, 6.07) is 12.7. The summed E-state index contributed by atoms with van der Waals surface area (Å²) in [5.41, 5.74) is 0.862. The molecule has 1 atom stereocenters. The van der Waals surface area contributed by atoms with Gasteiger partial charge in [-0.15, -0.1) is 0 Å². The van der Waals surface area contributed by atoms with Gasteiger partial charge in [-0.1, -0.05) is 61.7 Å². The second kappa shape index (κ2) is 11.6. The highest BCUT2D eigenvalue weighted by Gasteiger charge is 2.40. The highest BCUT2D eigenvalue weighted by atomic mass is 35.5. The van der Waals surface area contributed by atoms with Gasteiger partial charge in [-0.05, 0) is 49.4 Å². The molecule has 10 heteroatoms. The lowest BCUT2D eigenvalue weighted by molar-refractivity contribution is -0.141. The Morgan fingerprint density at radius 1 is 1.11 bits per heavy atom. The quantitative estimate of drug-likeness (QED) is 0.483. The van der Waals surface area contributed by atoms with E-state index in [1.165, 1.54) is 17.0 Å². The van der Waals surface area contributed by atoms with Crippen LogP contribution in [0.3, 0.4) is 0 Å². The molecule has 1 N–H and O–H groups in total. The van der Waals surface area contributed by atoms with Crippen LogP contribution in [0.5, 0.6) is 0 Å². The van der Waals surface area contributed by atoms with Crippen LogP contribution in [0.2, 0.25) is 5.02 Å². The van der Waals surface area contributed by atoms with Gasteiger partial charge in [0.05, 0.1) is 5.56 Å². The molecule has 0 radical (unpaired) electrons. The van der Waals surface area contributed by atoms with E-state index in [1.54, 1.807) is 24.3 Å². The first kappa shape index (κ1) is 27.1. The molecule has 0 aromatic heterocycles. The topological polar surface area (TPSA) is 104 Å². The predicted octanol–water partition coefficient (Wildman–Crippen LogP) is 4.13. The van der Waals surface area contributed by atoms with Gasteiger partial charge in [0.25, 0.3) is 15.9 Å². The molecule has 2 aromatic carbocycles. The van der Waals surface area contributed by atoms with Crippen LogP contribution in [0.4, 0.5) is 0 Å². The SMILES string of the molecule is CC[C@H](C(=O)NC1CCCC1)N(Cc1ccccc1Cl)C(=O)CCCN1C(=O)c2ccccc2S1(=O)=O. The molecule has 0 unspecified atom stereocenters. The first-order chi connectivity index (χ1) is 17.7. The Kier molecular flexibility index (Phi) is 8.54. The van der Waals surface area contributed by atoms with Crippen molar-refractivity contribution in [3.05, 3.63) is 64.7 Å². The number of hydrogen-bond acceptors (Lipinski definition) is 5. The molecule has 198 valence electrons. The number of nitrogens with one attached hydrogen (secondary N) is 1. The van der Waals surface area contributed by atoms with Gasteiger partial charge in [0.15, 0.2) is 0 Å². The number of fused-ring (bicyclic) bond motifs is 1.